The highest BCUT2D eigenvalue weighted by atomic mass is 127. The van der Waals surface area contributed by atoms with Crippen LogP contribution in [-0.2, 0) is 4.74 Å². The summed E-state index contributed by atoms with van der Waals surface area (Å²) in [6, 6.07) is 1.23. The van der Waals surface area contributed by atoms with Crippen molar-refractivity contribution in [1.29, 1.82) is 0 Å². The summed E-state index contributed by atoms with van der Waals surface area (Å²) in [5, 5.41) is 7.48. The number of nitrogens with one attached hydrogen (secondary N) is 2. The molecule has 4 fully saturated rings. The van der Waals surface area contributed by atoms with Crippen LogP contribution in [0.25, 0.3) is 0 Å². The van der Waals surface area contributed by atoms with Crippen LogP contribution in [-0.4, -0.2) is 37.3 Å². The van der Waals surface area contributed by atoms with Crippen LogP contribution in [0.5, 0.6) is 0 Å². The molecule has 3 atom stereocenters. The summed E-state index contributed by atoms with van der Waals surface area (Å²) < 4.78 is 6.01. The van der Waals surface area contributed by atoms with Crippen LogP contribution < -0.4 is 10.6 Å². The Labute approximate surface area is 151 Å². The van der Waals surface area contributed by atoms with E-state index in [0.29, 0.717) is 23.6 Å². The average Bonchev–Trinajstić information content (AvgIpc) is 3.05. The minimum Gasteiger partial charge on any atom is -0.377 e. The van der Waals surface area contributed by atoms with Crippen molar-refractivity contribution in [3.8, 4) is 0 Å². The first-order chi connectivity index (χ1) is 10.3. The number of guanidine groups is 1. The van der Waals surface area contributed by atoms with Gasteiger partial charge in [0.05, 0.1) is 6.10 Å². The zero-order chi connectivity index (χ0) is 14.3. The number of ether oxygens (including phenoxy) is 1. The minimum absolute atomic E-state index is 0. The fourth-order valence-electron chi connectivity index (χ4n) is 5.16. The third-order valence-corrected chi connectivity index (χ3v) is 6.34. The van der Waals surface area contributed by atoms with Gasteiger partial charge in [-0.1, -0.05) is 19.3 Å². The van der Waals surface area contributed by atoms with Gasteiger partial charge in [0, 0.05) is 36.6 Å². The van der Waals surface area contributed by atoms with Gasteiger partial charge >= 0.3 is 0 Å². The summed E-state index contributed by atoms with van der Waals surface area (Å²) in [7, 11) is 0. The summed E-state index contributed by atoms with van der Waals surface area (Å²) in [6.07, 6.45) is 11.2. The molecule has 0 aromatic carbocycles. The number of halogens is 1. The van der Waals surface area contributed by atoms with Gasteiger partial charge in [0.2, 0.25) is 0 Å². The molecule has 22 heavy (non-hydrogen) atoms. The van der Waals surface area contributed by atoms with Gasteiger partial charge in [0.15, 0.2) is 5.96 Å². The predicted molar refractivity (Wildman–Crippen MR) is 99.8 cm³/mol. The number of fused-ring (bicyclic) bond motifs is 2. The van der Waals surface area contributed by atoms with E-state index in [4.69, 9.17) is 9.73 Å². The number of hydrogen-bond donors (Lipinski definition) is 2. The lowest BCUT2D eigenvalue weighted by Crippen LogP contribution is -2.72. The average molecular weight is 419 g/mol. The molecule has 1 aliphatic heterocycles. The third-order valence-electron chi connectivity index (χ3n) is 6.34. The molecule has 3 saturated carbocycles. The van der Waals surface area contributed by atoms with Gasteiger partial charge in [0.25, 0.3) is 0 Å². The summed E-state index contributed by atoms with van der Waals surface area (Å²) in [5.41, 5.74) is 0.438. The van der Waals surface area contributed by atoms with E-state index in [0.717, 1.165) is 25.0 Å². The fraction of sp³-hybridized carbons (Fsp3) is 0.941. The highest BCUT2D eigenvalue weighted by molar-refractivity contribution is 14.0. The molecule has 1 saturated heterocycles. The van der Waals surface area contributed by atoms with Crippen LogP contribution in [0.2, 0.25) is 0 Å². The SMILES string of the molecule is CCN=C(NC1CCCC1)NC1C2CCOC2C12CCC2.I. The summed E-state index contributed by atoms with van der Waals surface area (Å²) in [6.45, 7) is 3.94. The normalized spacial score (nSPS) is 36.2. The van der Waals surface area contributed by atoms with Gasteiger partial charge in [-0.25, -0.2) is 0 Å². The first-order valence-electron chi connectivity index (χ1n) is 9.02. The largest absolute Gasteiger partial charge is 0.377 e. The van der Waals surface area contributed by atoms with E-state index in [-0.39, 0.29) is 24.0 Å². The lowest BCUT2D eigenvalue weighted by atomic mass is 9.46. The van der Waals surface area contributed by atoms with Crippen molar-refractivity contribution in [2.75, 3.05) is 13.2 Å². The molecule has 126 valence electrons. The Morgan fingerprint density at radius 3 is 2.55 bits per heavy atom. The van der Waals surface area contributed by atoms with Gasteiger partial charge < -0.3 is 15.4 Å². The molecule has 2 N–H and O–H groups in total. The van der Waals surface area contributed by atoms with Gasteiger partial charge in [0.1, 0.15) is 0 Å². The van der Waals surface area contributed by atoms with Crippen molar-refractivity contribution >= 4 is 29.9 Å². The molecule has 0 aromatic heterocycles. The van der Waals surface area contributed by atoms with Crippen LogP contribution in [0, 0.1) is 11.3 Å². The van der Waals surface area contributed by atoms with Crippen LogP contribution in [0.4, 0.5) is 0 Å². The Morgan fingerprint density at radius 2 is 1.91 bits per heavy atom. The second-order valence-electron chi connectivity index (χ2n) is 7.40. The number of nitrogens with zero attached hydrogens (tertiary/aromatic N) is 1. The summed E-state index contributed by atoms with van der Waals surface area (Å²) in [5.74, 6) is 1.78. The van der Waals surface area contributed by atoms with E-state index in [9.17, 15) is 0 Å². The van der Waals surface area contributed by atoms with E-state index in [1.807, 2.05) is 0 Å². The molecule has 5 heteroatoms. The van der Waals surface area contributed by atoms with Gasteiger partial charge in [-0.05, 0) is 39.0 Å². The molecule has 0 bridgehead atoms. The van der Waals surface area contributed by atoms with E-state index in [1.54, 1.807) is 0 Å². The number of aliphatic imine (C=N–C) groups is 1. The Kier molecular flexibility index (Phi) is 5.22. The molecule has 1 spiro atoms. The first-order valence-corrected chi connectivity index (χ1v) is 9.02. The van der Waals surface area contributed by atoms with Crippen molar-refractivity contribution in [1.82, 2.24) is 10.6 Å². The van der Waals surface area contributed by atoms with Crippen LogP contribution in [0.3, 0.4) is 0 Å². The maximum atomic E-state index is 6.01. The third kappa shape index (κ3) is 2.66. The zero-order valence-corrected chi connectivity index (χ0v) is 16.0. The molecule has 0 amide bonds. The Hall–Kier alpha value is -0.0400. The molecule has 4 aliphatic rings. The fourth-order valence-corrected chi connectivity index (χ4v) is 5.16. The molecule has 3 aliphatic carbocycles. The quantitative estimate of drug-likeness (QED) is 0.420. The first kappa shape index (κ1) is 16.8. The monoisotopic (exact) mass is 419 g/mol. The number of hydrogen-bond acceptors (Lipinski definition) is 2. The summed E-state index contributed by atoms with van der Waals surface area (Å²) >= 11 is 0. The van der Waals surface area contributed by atoms with Crippen LogP contribution in [0.1, 0.15) is 58.3 Å². The molecular weight excluding hydrogens is 389 g/mol. The van der Waals surface area contributed by atoms with E-state index in [2.05, 4.69) is 17.6 Å². The second kappa shape index (κ2) is 6.83. The van der Waals surface area contributed by atoms with Crippen molar-refractivity contribution in [2.24, 2.45) is 16.3 Å². The molecular formula is C17H30IN3O. The lowest BCUT2D eigenvalue weighted by molar-refractivity contribution is -0.171. The summed E-state index contributed by atoms with van der Waals surface area (Å²) in [4.78, 5) is 4.70. The second-order valence-corrected chi connectivity index (χ2v) is 7.40. The zero-order valence-electron chi connectivity index (χ0n) is 13.6. The minimum atomic E-state index is 0. The Bertz CT molecular complexity index is 418. The highest BCUT2D eigenvalue weighted by Crippen LogP contribution is 2.62. The molecule has 0 radical (unpaired) electrons. The van der Waals surface area contributed by atoms with Crippen LogP contribution >= 0.6 is 24.0 Å². The maximum Gasteiger partial charge on any atom is 0.191 e. The molecule has 4 rings (SSSR count). The molecule has 0 aromatic rings. The van der Waals surface area contributed by atoms with E-state index >= 15 is 0 Å². The van der Waals surface area contributed by atoms with Crippen molar-refractivity contribution in [3.05, 3.63) is 0 Å². The molecule has 3 unspecified atom stereocenters. The van der Waals surface area contributed by atoms with E-state index < -0.39 is 0 Å². The topological polar surface area (TPSA) is 45.7 Å². The van der Waals surface area contributed by atoms with Crippen molar-refractivity contribution in [2.45, 2.75) is 76.5 Å². The van der Waals surface area contributed by atoms with Gasteiger partial charge in [-0.2, -0.15) is 0 Å². The number of rotatable bonds is 3. The predicted octanol–water partition coefficient (Wildman–Crippen LogP) is 3.06. The van der Waals surface area contributed by atoms with Crippen molar-refractivity contribution in [3.63, 3.8) is 0 Å². The molecule has 4 nitrogen and oxygen atoms in total. The van der Waals surface area contributed by atoms with Gasteiger partial charge in [-0.15, -0.1) is 24.0 Å². The lowest BCUT2D eigenvalue weighted by Gasteiger charge is -2.63. The van der Waals surface area contributed by atoms with Crippen molar-refractivity contribution < 1.29 is 4.74 Å². The Morgan fingerprint density at radius 1 is 1.14 bits per heavy atom. The maximum absolute atomic E-state index is 6.01. The standard InChI is InChI=1S/C17H29N3O.HI/c1-2-18-16(19-12-6-3-4-7-12)20-14-13-8-11-21-15(13)17(14)9-5-10-17;/h12-15H,2-11H2,1H3,(H2,18,19,20);1H. The van der Waals surface area contributed by atoms with Crippen LogP contribution in [0.15, 0.2) is 4.99 Å². The highest BCUT2D eigenvalue weighted by Gasteiger charge is 2.66. The molecule has 1 heterocycles. The van der Waals surface area contributed by atoms with E-state index in [1.165, 1.54) is 51.4 Å². The smallest absolute Gasteiger partial charge is 0.191 e. The Balaban J connectivity index is 0.00000144. The van der Waals surface area contributed by atoms with Gasteiger partial charge in [-0.3, -0.25) is 4.99 Å².